The molecule has 1 amide bonds. The van der Waals surface area contributed by atoms with E-state index in [1.807, 2.05) is 66.9 Å². The molecule has 4 rings (SSSR count). The maximum atomic E-state index is 12.5. The minimum atomic E-state index is -0.515. The average molecular weight is 374 g/mol. The van der Waals surface area contributed by atoms with Crippen LogP contribution in [-0.2, 0) is 6.54 Å². The highest BCUT2D eigenvalue weighted by atomic mass is 16.2. The van der Waals surface area contributed by atoms with Gasteiger partial charge < -0.3 is 4.90 Å². The molecule has 2 aromatic heterocycles. The minimum Gasteiger partial charge on any atom is -0.335 e. The summed E-state index contributed by atoms with van der Waals surface area (Å²) in [5, 5.41) is 10.7. The summed E-state index contributed by atoms with van der Waals surface area (Å²) in [6, 6.07) is 19.6. The molecule has 0 saturated heterocycles. The number of aromatic nitrogens is 5. The zero-order valence-electron chi connectivity index (χ0n) is 15.2. The van der Waals surface area contributed by atoms with Gasteiger partial charge in [0.1, 0.15) is 0 Å². The Kier molecular flexibility index (Phi) is 4.59. The van der Waals surface area contributed by atoms with Gasteiger partial charge in [0.25, 0.3) is 5.91 Å². The molecule has 0 radical (unpaired) electrons. The number of nitrogens with one attached hydrogen (secondary N) is 2. The Morgan fingerprint density at radius 1 is 1.07 bits per heavy atom. The third kappa shape index (κ3) is 3.48. The van der Waals surface area contributed by atoms with E-state index >= 15 is 0 Å². The van der Waals surface area contributed by atoms with Crippen LogP contribution >= 0.6 is 0 Å². The van der Waals surface area contributed by atoms with E-state index in [0.29, 0.717) is 6.54 Å². The lowest BCUT2D eigenvalue weighted by molar-refractivity contribution is 0.0773. The van der Waals surface area contributed by atoms with Gasteiger partial charge in [0.05, 0.1) is 11.4 Å². The van der Waals surface area contributed by atoms with Gasteiger partial charge in [0.2, 0.25) is 5.82 Å². The topological polar surface area (TPSA) is 99.7 Å². The second-order valence-electron chi connectivity index (χ2n) is 6.34. The van der Waals surface area contributed by atoms with Crippen LogP contribution in [0.4, 0.5) is 0 Å². The molecule has 0 unspecified atom stereocenters. The van der Waals surface area contributed by atoms with E-state index in [1.54, 1.807) is 11.7 Å². The Labute approximate surface area is 160 Å². The maximum Gasteiger partial charge on any atom is 0.341 e. The molecular formula is C20H18N6O2. The summed E-state index contributed by atoms with van der Waals surface area (Å²) in [4.78, 5) is 27.6. The van der Waals surface area contributed by atoms with Crippen LogP contribution in [0.2, 0.25) is 0 Å². The van der Waals surface area contributed by atoms with Crippen molar-refractivity contribution < 1.29 is 4.79 Å². The molecule has 0 aliphatic heterocycles. The van der Waals surface area contributed by atoms with Crippen molar-refractivity contribution in [3.63, 3.8) is 0 Å². The van der Waals surface area contributed by atoms with E-state index in [4.69, 9.17) is 5.10 Å². The van der Waals surface area contributed by atoms with Crippen LogP contribution in [0.5, 0.6) is 0 Å². The Bertz CT molecular complexity index is 1140. The average Bonchev–Trinajstić information content (AvgIpc) is 3.35. The van der Waals surface area contributed by atoms with Crippen molar-refractivity contribution in [3.05, 3.63) is 88.7 Å². The largest absolute Gasteiger partial charge is 0.341 e. The van der Waals surface area contributed by atoms with Gasteiger partial charge in [-0.15, -0.1) is 5.10 Å². The molecule has 0 aliphatic rings. The number of nitrogens with zero attached hydrogens (tertiary/aromatic N) is 4. The van der Waals surface area contributed by atoms with Gasteiger partial charge in [0, 0.05) is 30.9 Å². The third-order valence-electron chi connectivity index (χ3n) is 4.32. The van der Waals surface area contributed by atoms with Crippen molar-refractivity contribution in [2.75, 3.05) is 7.05 Å². The Hall–Kier alpha value is -3.94. The van der Waals surface area contributed by atoms with Crippen molar-refractivity contribution >= 4 is 5.91 Å². The molecule has 0 fully saturated rings. The summed E-state index contributed by atoms with van der Waals surface area (Å²) in [7, 11) is 1.66. The van der Waals surface area contributed by atoms with Crippen LogP contribution < -0.4 is 5.69 Å². The van der Waals surface area contributed by atoms with Gasteiger partial charge in [-0.05, 0) is 12.1 Å². The molecule has 28 heavy (non-hydrogen) atoms. The van der Waals surface area contributed by atoms with Crippen LogP contribution in [0.3, 0.4) is 0 Å². The van der Waals surface area contributed by atoms with Gasteiger partial charge in [0.15, 0.2) is 0 Å². The maximum absolute atomic E-state index is 12.5. The number of hydrogen-bond donors (Lipinski definition) is 2. The molecule has 2 heterocycles. The second kappa shape index (κ2) is 7.36. The van der Waals surface area contributed by atoms with Crippen LogP contribution in [0.1, 0.15) is 16.2 Å². The van der Waals surface area contributed by atoms with E-state index < -0.39 is 5.69 Å². The second-order valence-corrected chi connectivity index (χ2v) is 6.34. The molecule has 0 bridgehead atoms. The highest BCUT2D eigenvalue weighted by Crippen LogP contribution is 2.24. The lowest BCUT2D eigenvalue weighted by Crippen LogP contribution is -2.27. The molecule has 8 nitrogen and oxygen atoms in total. The van der Waals surface area contributed by atoms with Gasteiger partial charge in [-0.1, -0.05) is 48.5 Å². The number of aromatic amines is 2. The van der Waals surface area contributed by atoms with E-state index in [9.17, 15) is 9.59 Å². The molecule has 140 valence electrons. The molecule has 0 atom stereocenters. The number of para-hydroxylation sites is 1. The highest BCUT2D eigenvalue weighted by Gasteiger charge is 2.19. The molecule has 2 aromatic carbocycles. The van der Waals surface area contributed by atoms with Crippen molar-refractivity contribution in [2.24, 2.45) is 0 Å². The number of H-pyrrole nitrogens is 2. The van der Waals surface area contributed by atoms with E-state index in [-0.39, 0.29) is 11.7 Å². The highest BCUT2D eigenvalue weighted by molar-refractivity contribution is 5.90. The fourth-order valence-electron chi connectivity index (χ4n) is 2.96. The zero-order valence-corrected chi connectivity index (χ0v) is 15.2. The third-order valence-corrected chi connectivity index (χ3v) is 4.32. The molecule has 0 aliphatic carbocycles. The monoisotopic (exact) mass is 374 g/mol. The van der Waals surface area contributed by atoms with Crippen LogP contribution in [0.15, 0.2) is 71.7 Å². The number of hydrogen-bond acceptors (Lipinski definition) is 4. The van der Waals surface area contributed by atoms with Gasteiger partial charge in [-0.3, -0.25) is 9.78 Å². The lowest BCUT2D eigenvalue weighted by atomic mass is 10.1. The van der Waals surface area contributed by atoms with Crippen LogP contribution in [-0.4, -0.2) is 42.8 Å². The lowest BCUT2D eigenvalue weighted by Gasteiger charge is -2.15. The fraction of sp³-hybridized carbons (Fsp3) is 0.100. The molecule has 0 spiro atoms. The number of benzene rings is 2. The smallest absolute Gasteiger partial charge is 0.335 e. The molecule has 2 N–H and O–H groups in total. The SMILES string of the molecule is CN(Cc1cn(-c2ccccc2)nc1-c1ccccc1)C(=O)c1n[nH]c(=O)[nH]1. The molecular weight excluding hydrogens is 356 g/mol. The van der Waals surface area contributed by atoms with Crippen molar-refractivity contribution in [2.45, 2.75) is 6.54 Å². The summed E-state index contributed by atoms with van der Waals surface area (Å²) < 4.78 is 1.80. The van der Waals surface area contributed by atoms with E-state index in [1.165, 1.54) is 4.90 Å². The standard InChI is InChI=1S/C20H18N6O2/c1-25(19(27)18-21-20(28)23-22-18)12-15-13-26(16-10-6-3-7-11-16)24-17(15)14-8-4-2-5-9-14/h2-11,13H,12H2,1H3,(H2,21,22,23,28). The van der Waals surface area contributed by atoms with Crippen molar-refractivity contribution in [1.82, 2.24) is 29.9 Å². The number of rotatable bonds is 5. The van der Waals surface area contributed by atoms with Gasteiger partial charge in [-0.25, -0.2) is 14.6 Å². The van der Waals surface area contributed by atoms with Crippen molar-refractivity contribution in [3.8, 4) is 16.9 Å². The summed E-state index contributed by atoms with van der Waals surface area (Å²) >= 11 is 0. The summed E-state index contributed by atoms with van der Waals surface area (Å²) in [5.74, 6) is -0.408. The van der Waals surface area contributed by atoms with Gasteiger partial charge in [-0.2, -0.15) is 5.10 Å². The van der Waals surface area contributed by atoms with Crippen LogP contribution in [0.25, 0.3) is 16.9 Å². The first-order valence-corrected chi connectivity index (χ1v) is 8.71. The molecule has 8 heteroatoms. The van der Waals surface area contributed by atoms with E-state index in [2.05, 4.69) is 15.2 Å². The molecule has 0 saturated carbocycles. The first-order chi connectivity index (χ1) is 13.6. The van der Waals surface area contributed by atoms with Crippen molar-refractivity contribution in [1.29, 1.82) is 0 Å². The number of carbonyl (C=O) groups excluding carboxylic acids is 1. The Balaban J connectivity index is 1.69. The van der Waals surface area contributed by atoms with E-state index in [0.717, 1.165) is 22.5 Å². The number of carbonyl (C=O) groups is 1. The van der Waals surface area contributed by atoms with Gasteiger partial charge >= 0.3 is 5.69 Å². The minimum absolute atomic E-state index is 0.0239. The summed E-state index contributed by atoms with van der Waals surface area (Å²) in [6.45, 7) is 0.310. The first kappa shape index (κ1) is 17.5. The predicted octanol–water partition coefficient (Wildman–Crippen LogP) is 2.22. The fourth-order valence-corrected chi connectivity index (χ4v) is 2.96. The predicted molar refractivity (Wildman–Crippen MR) is 104 cm³/mol. The Morgan fingerprint density at radius 3 is 2.39 bits per heavy atom. The normalized spacial score (nSPS) is 10.8. The number of amides is 1. The molecule has 4 aromatic rings. The van der Waals surface area contributed by atoms with Crippen LogP contribution in [0, 0.1) is 0 Å². The first-order valence-electron chi connectivity index (χ1n) is 8.71. The summed E-state index contributed by atoms with van der Waals surface area (Å²) in [5.41, 5.74) is 3.04. The summed E-state index contributed by atoms with van der Waals surface area (Å²) in [6.07, 6.45) is 1.91. The Morgan fingerprint density at radius 2 is 1.75 bits per heavy atom. The zero-order chi connectivity index (χ0) is 19.5. The quantitative estimate of drug-likeness (QED) is 0.559.